The van der Waals surface area contributed by atoms with Gasteiger partial charge < -0.3 is 26.7 Å². The van der Waals surface area contributed by atoms with Crippen LogP contribution in [0, 0.1) is 11.8 Å². The number of rotatable bonds is 16. The second kappa shape index (κ2) is 27.5. The molecule has 0 aromatic rings. The van der Waals surface area contributed by atoms with Crippen LogP contribution in [0.5, 0.6) is 0 Å². The van der Waals surface area contributed by atoms with Crippen molar-refractivity contribution in [3.63, 3.8) is 0 Å². The molecular formula is C18H33I3NaO7SV. The van der Waals surface area contributed by atoms with E-state index in [9.17, 15) is 9.59 Å². The summed E-state index contributed by atoms with van der Waals surface area (Å²) in [5, 5.41) is 4.17. The maximum atomic E-state index is 12.1. The van der Waals surface area contributed by atoms with E-state index in [1.165, 1.54) is 0 Å². The van der Waals surface area contributed by atoms with E-state index in [1.807, 2.05) is 13.8 Å². The Bertz CT molecular complexity index is 440. The molecule has 0 saturated heterocycles. The third-order valence-electron chi connectivity index (χ3n) is 3.94. The molecule has 180 valence electrons. The summed E-state index contributed by atoms with van der Waals surface area (Å²) in [6.07, 6.45) is 4.64. The molecule has 0 radical (unpaired) electrons. The number of unbranched alkanes of at least 4 members (excludes halogenated alkanes) is 2. The van der Waals surface area contributed by atoms with Crippen molar-refractivity contribution < 1.29 is 67.8 Å². The quantitative estimate of drug-likeness (QED) is 0.0585. The number of ether oxygens (including phenoxy) is 2. The molecule has 0 aromatic heterocycles. The maximum absolute atomic E-state index is 12.1. The monoisotopic (exact) mass is 848 g/mol. The van der Waals surface area contributed by atoms with E-state index < -0.39 is 18.0 Å². The topological polar surface area (TPSA) is 80.3 Å². The predicted octanol–water partition coefficient (Wildman–Crippen LogP) is 3.48. The van der Waals surface area contributed by atoms with Crippen molar-refractivity contribution >= 4 is 84.8 Å². The van der Waals surface area contributed by atoms with Crippen LogP contribution in [0.3, 0.4) is 0 Å². The van der Waals surface area contributed by atoms with Crippen LogP contribution in [0.4, 0.5) is 0 Å². The van der Waals surface area contributed by atoms with Crippen LogP contribution in [0.25, 0.3) is 0 Å². The van der Waals surface area contributed by atoms with Crippen LogP contribution in [0.15, 0.2) is 0 Å². The Labute approximate surface area is 252 Å². The van der Waals surface area contributed by atoms with Gasteiger partial charge in [-0.1, -0.05) is 58.4 Å². The average Bonchev–Trinajstić information content (AvgIpc) is 2.69. The normalized spacial score (nSPS) is 13.3. The summed E-state index contributed by atoms with van der Waals surface area (Å²) in [7, 11) is 0. The molecule has 0 aliphatic heterocycles. The van der Waals surface area contributed by atoms with Gasteiger partial charge in [0.05, 0.1) is 19.6 Å². The van der Waals surface area contributed by atoms with E-state index in [4.69, 9.17) is 14.4 Å². The first-order valence-electron chi connectivity index (χ1n) is 9.89. The summed E-state index contributed by atoms with van der Waals surface area (Å²) >= 11 is 11.5. The summed E-state index contributed by atoms with van der Waals surface area (Å²) in [6.45, 7) is 8.76. The number of carbonyl (C=O) groups excluding carboxylic acids is 2. The standard InChI is InChI=1S/C18H34O7S.3HI.Na.V/c1-5-7-9-14(3)12-21-17(19)11-16(23-24-25-26)18(20)22-13-15(4)10-8-6-2;;;;;/h14-16,26H,5-13H2,1-4H3;3*1H;;/q;;;;+1;+3/p-4. The minimum atomic E-state index is -1.28. The summed E-state index contributed by atoms with van der Waals surface area (Å²) in [4.78, 5) is 28.5. The fraction of sp³-hybridized carbons (Fsp3) is 0.889. The molecule has 0 rings (SSSR count). The Hall–Kier alpha value is 2.94. The largest absolute Gasteiger partial charge is 1.00 e. The maximum Gasteiger partial charge on any atom is 1.00 e. The third kappa shape index (κ3) is 29.1. The van der Waals surface area contributed by atoms with Crippen molar-refractivity contribution in [2.75, 3.05) is 13.2 Å². The molecule has 13 heteroatoms. The number of hydrogen-bond acceptors (Lipinski definition) is 8. The van der Waals surface area contributed by atoms with Gasteiger partial charge >= 0.3 is 106 Å². The SMILES string of the molecule is CCCCC(C)COC(=O)CC(OOO[S-])C(=O)OCC(C)CCCC.[I][V]([I])[I].[Na+]. The molecule has 0 N–H and O–H groups in total. The third-order valence-corrected chi connectivity index (χ3v) is 3.99. The van der Waals surface area contributed by atoms with Gasteiger partial charge in [-0.2, -0.15) is 4.89 Å². The first kappa shape index (κ1) is 38.5. The molecule has 0 aliphatic carbocycles. The number of carbonyl (C=O) groups is 2. The van der Waals surface area contributed by atoms with Crippen molar-refractivity contribution in [3.8, 4) is 0 Å². The van der Waals surface area contributed by atoms with E-state index in [2.05, 4.69) is 96.1 Å². The van der Waals surface area contributed by atoms with Gasteiger partial charge in [0.15, 0.2) is 0 Å². The van der Waals surface area contributed by atoms with E-state index in [0.29, 0.717) is 6.61 Å². The molecule has 0 aliphatic rings. The van der Waals surface area contributed by atoms with Crippen molar-refractivity contribution in [2.24, 2.45) is 11.8 Å². The summed E-state index contributed by atoms with van der Waals surface area (Å²) < 4.78 is 14.3. The zero-order valence-corrected chi connectivity index (χ0v) is 29.6. The smallest absolute Gasteiger partial charge is 1.00 e. The van der Waals surface area contributed by atoms with Gasteiger partial charge in [0, 0.05) is 0 Å². The van der Waals surface area contributed by atoms with E-state index >= 15 is 0 Å². The molecule has 7 nitrogen and oxygen atoms in total. The van der Waals surface area contributed by atoms with Crippen molar-refractivity contribution in [3.05, 3.63) is 0 Å². The molecule has 3 atom stereocenters. The van der Waals surface area contributed by atoms with Gasteiger partial charge in [-0.05, 0) is 24.7 Å². The van der Waals surface area contributed by atoms with Crippen LogP contribution in [-0.2, 0) is 51.2 Å². The number of halogens is 3. The molecule has 0 spiro atoms. The second-order valence-corrected chi connectivity index (χ2v) is 42.4. The van der Waals surface area contributed by atoms with Crippen LogP contribution in [0.1, 0.15) is 72.6 Å². The van der Waals surface area contributed by atoms with Gasteiger partial charge in [0.1, 0.15) is 0 Å². The number of hydrogen-bond donors (Lipinski definition) is 0. The molecule has 0 heterocycles. The summed E-state index contributed by atoms with van der Waals surface area (Å²) in [6, 6.07) is 0. The number of esters is 2. The van der Waals surface area contributed by atoms with Gasteiger partial charge in [-0.25, -0.2) is 4.79 Å². The molecule has 0 bridgehead atoms. The minimum Gasteiger partial charge on any atom is 1.00 e. The summed E-state index contributed by atoms with van der Waals surface area (Å²) in [5.41, 5.74) is 0. The van der Waals surface area contributed by atoms with Gasteiger partial charge in [-0.3, -0.25) is 4.79 Å². The molecule has 31 heavy (non-hydrogen) atoms. The molecule has 0 aromatic carbocycles. The zero-order chi connectivity index (χ0) is 23.4. The van der Waals surface area contributed by atoms with Crippen LogP contribution < -0.4 is 29.6 Å². The molecule has 0 saturated carbocycles. The van der Waals surface area contributed by atoms with Crippen molar-refractivity contribution in [1.82, 2.24) is 0 Å². The molecular weight excluding hydrogens is 815 g/mol. The Morgan fingerprint density at radius 3 is 1.81 bits per heavy atom. The molecule has 0 fully saturated rings. The van der Waals surface area contributed by atoms with Crippen LogP contribution >= 0.6 is 59.9 Å². The molecule has 3 unspecified atom stereocenters. The Kier molecular flexibility index (Phi) is 34.2. The van der Waals surface area contributed by atoms with Crippen molar-refractivity contribution in [2.45, 2.75) is 78.7 Å². The predicted molar refractivity (Wildman–Crippen MR) is 140 cm³/mol. The van der Waals surface area contributed by atoms with Crippen LogP contribution in [-0.4, -0.2) is 31.3 Å². The second-order valence-electron chi connectivity index (χ2n) is 6.92. The van der Waals surface area contributed by atoms with Gasteiger partial charge in [0.2, 0.25) is 6.10 Å². The fourth-order valence-corrected chi connectivity index (χ4v) is 2.29. The molecule has 0 amide bonds. The Balaban J connectivity index is -0.00000143. The minimum absolute atomic E-state index is 0. The average molecular weight is 848 g/mol. The van der Waals surface area contributed by atoms with Gasteiger partial charge in [0.25, 0.3) is 0 Å². The first-order valence-corrected chi connectivity index (χ1v) is 23.7. The fourth-order valence-electron chi connectivity index (χ4n) is 2.25. The first-order chi connectivity index (χ1) is 14.2. The zero-order valence-electron chi connectivity index (χ0n) is 18.9. The Morgan fingerprint density at radius 1 is 0.935 bits per heavy atom. The van der Waals surface area contributed by atoms with E-state index in [1.54, 1.807) is 0 Å². The summed E-state index contributed by atoms with van der Waals surface area (Å²) in [5.74, 6) is -0.794. The Morgan fingerprint density at radius 2 is 1.39 bits per heavy atom. The van der Waals surface area contributed by atoms with Gasteiger partial charge in [-0.15, -0.1) is 0 Å². The van der Waals surface area contributed by atoms with E-state index in [0.717, 1.165) is 38.5 Å². The van der Waals surface area contributed by atoms with Crippen LogP contribution in [0.2, 0.25) is 0 Å². The van der Waals surface area contributed by atoms with E-state index in [-0.39, 0.29) is 59.3 Å². The van der Waals surface area contributed by atoms with Crippen molar-refractivity contribution in [1.29, 1.82) is 0 Å².